The van der Waals surface area contributed by atoms with Crippen LogP contribution in [0.4, 0.5) is 26.3 Å². The molecule has 43 heavy (non-hydrogen) atoms. The number of alkyl halides is 6. The lowest BCUT2D eigenvalue weighted by Gasteiger charge is -2.41. The summed E-state index contributed by atoms with van der Waals surface area (Å²) in [7, 11) is -2.13. The van der Waals surface area contributed by atoms with E-state index in [1.165, 1.54) is 24.3 Å². The van der Waals surface area contributed by atoms with Crippen LogP contribution in [0.25, 0.3) is 5.57 Å². The first-order valence-corrected chi connectivity index (χ1v) is 14.5. The first-order valence-electron chi connectivity index (χ1n) is 13.1. The summed E-state index contributed by atoms with van der Waals surface area (Å²) in [6, 6.07) is 10.7. The highest BCUT2D eigenvalue weighted by Crippen LogP contribution is 2.48. The van der Waals surface area contributed by atoms with Crippen molar-refractivity contribution in [3.8, 4) is 5.75 Å². The molecule has 1 aliphatic rings. The maximum Gasteiger partial charge on any atom is 0.416 e. The number of amides is 2. The molecule has 2 amide bonds. The van der Waals surface area contributed by atoms with Crippen molar-refractivity contribution in [2.75, 3.05) is 20.7 Å². The number of unbranched alkanes of at least 4 members (excludes halogenated alkanes) is 2. The van der Waals surface area contributed by atoms with E-state index in [2.05, 4.69) is 0 Å². The fourth-order valence-electron chi connectivity index (χ4n) is 4.43. The van der Waals surface area contributed by atoms with Crippen molar-refractivity contribution in [1.29, 1.82) is 0 Å². The second-order valence-corrected chi connectivity index (χ2v) is 12.2. The Morgan fingerprint density at radius 1 is 0.977 bits per heavy atom. The first kappa shape index (κ1) is 33.9. The van der Waals surface area contributed by atoms with Crippen molar-refractivity contribution < 1.29 is 49.1 Å². The Bertz CT molecular complexity index is 1450. The quantitative estimate of drug-likeness (QED) is 0.202. The Morgan fingerprint density at radius 3 is 2.12 bits per heavy atom. The fourth-order valence-corrected chi connectivity index (χ4v) is 4.95. The smallest absolute Gasteiger partial charge is 0.416 e. The second kappa shape index (κ2) is 13.0. The number of nitrogens with zero attached hydrogens (tertiary/aromatic N) is 1. The largest absolute Gasteiger partial charge is 0.494 e. The highest BCUT2D eigenvalue weighted by Gasteiger charge is 2.60. The minimum Gasteiger partial charge on any atom is -0.494 e. The molecule has 0 saturated carbocycles. The van der Waals surface area contributed by atoms with E-state index in [9.17, 15) is 44.3 Å². The number of halogens is 6. The molecule has 15 heteroatoms. The van der Waals surface area contributed by atoms with E-state index >= 15 is 0 Å². The Balaban J connectivity index is 1.96. The molecule has 3 rings (SSSR count). The van der Waals surface area contributed by atoms with Gasteiger partial charge in [-0.3, -0.25) is 9.59 Å². The number of ether oxygens (including phenoxy) is 1. The van der Waals surface area contributed by atoms with Gasteiger partial charge in [0.25, 0.3) is 11.8 Å². The van der Waals surface area contributed by atoms with Gasteiger partial charge < -0.3 is 10.1 Å². The molecule has 1 heterocycles. The SMILES string of the molecule is Cc1ccc(C2=C(C(=O)NS(=O)(=O)N(C)C)C(=O)N[C@@](c3ccc(OCCCCCC(F)(F)F)cc3)(C(F)(F)F)C2)cc1. The van der Waals surface area contributed by atoms with E-state index in [0.717, 1.165) is 31.8 Å². The molecule has 0 aliphatic carbocycles. The van der Waals surface area contributed by atoms with E-state index in [0.29, 0.717) is 10.7 Å². The summed E-state index contributed by atoms with van der Waals surface area (Å²) >= 11 is 0. The van der Waals surface area contributed by atoms with Gasteiger partial charge in [0, 0.05) is 26.9 Å². The second-order valence-electron chi connectivity index (χ2n) is 10.3. The third-order valence-corrected chi connectivity index (χ3v) is 8.24. The van der Waals surface area contributed by atoms with Gasteiger partial charge in [-0.25, -0.2) is 4.72 Å². The third-order valence-electron chi connectivity index (χ3n) is 6.83. The molecular formula is C28H31F6N3O5S. The highest BCUT2D eigenvalue weighted by atomic mass is 32.2. The van der Waals surface area contributed by atoms with E-state index in [1.807, 2.05) is 5.32 Å². The van der Waals surface area contributed by atoms with Crippen LogP contribution in [-0.2, 0) is 25.3 Å². The van der Waals surface area contributed by atoms with Gasteiger partial charge in [0.1, 0.15) is 11.3 Å². The molecule has 2 N–H and O–H groups in total. The van der Waals surface area contributed by atoms with Crippen molar-refractivity contribution in [1.82, 2.24) is 14.3 Å². The summed E-state index contributed by atoms with van der Waals surface area (Å²) in [4.78, 5) is 26.3. The van der Waals surface area contributed by atoms with Crippen LogP contribution >= 0.6 is 0 Å². The van der Waals surface area contributed by atoms with Crippen LogP contribution in [0.15, 0.2) is 54.1 Å². The fraction of sp³-hybridized carbons (Fsp3) is 0.429. The van der Waals surface area contributed by atoms with Crippen molar-refractivity contribution in [2.24, 2.45) is 0 Å². The summed E-state index contributed by atoms with van der Waals surface area (Å²) in [6.07, 6.45) is -10.7. The van der Waals surface area contributed by atoms with Crippen LogP contribution < -0.4 is 14.8 Å². The zero-order valence-corrected chi connectivity index (χ0v) is 24.3. The molecule has 0 spiro atoms. The first-order chi connectivity index (χ1) is 19.9. The van der Waals surface area contributed by atoms with E-state index in [4.69, 9.17) is 4.74 Å². The Morgan fingerprint density at radius 2 is 1.58 bits per heavy atom. The highest BCUT2D eigenvalue weighted by molar-refractivity contribution is 7.87. The Hall–Kier alpha value is -3.59. The van der Waals surface area contributed by atoms with Crippen LogP contribution in [0.3, 0.4) is 0 Å². The van der Waals surface area contributed by atoms with Gasteiger partial charge in [0.05, 0.1) is 6.61 Å². The zero-order chi connectivity index (χ0) is 32.2. The van der Waals surface area contributed by atoms with E-state index in [-0.39, 0.29) is 41.9 Å². The van der Waals surface area contributed by atoms with Gasteiger partial charge in [0.15, 0.2) is 5.54 Å². The molecule has 0 aromatic heterocycles. The lowest BCUT2D eigenvalue weighted by molar-refractivity contribution is -0.201. The summed E-state index contributed by atoms with van der Waals surface area (Å²) < 4.78 is 114. The molecule has 1 aliphatic heterocycles. The topological polar surface area (TPSA) is 105 Å². The molecule has 0 radical (unpaired) electrons. The monoisotopic (exact) mass is 635 g/mol. The minimum absolute atomic E-state index is 0.0486. The normalized spacial score (nSPS) is 18.0. The van der Waals surface area contributed by atoms with E-state index < -0.39 is 58.3 Å². The average molecular weight is 636 g/mol. The average Bonchev–Trinajstić information content (AvgIpc) is 2.89. The molecule has 0 bridgehead atoms. The van der Waals surface area contributed by atoms with Crippen LogP contribution in [0.5, 0.6) is 5.75 Å². The van der Waals surface area contributed by atoms with Gasteiger partial charge in [-0.15, -0.1) is 0 Å². The standard InChI is InChI=1S/C28H31F6N3O5S/c1-18-7-9-19(10-8-18)22-17-26(28(32,33)34,35-24(38)23(22)25(39)36-43(40,41)37(2)3)20-11-13-21(14-12-20)42-16-6-4-5-15-27(29,30)31/h7-14H,4-6,15-17H2,1-3H3,(H,35,38)(H,36,39)/t26-/m0/s1. The lowest BCUT2D eigenvalue weighted by atomic mass is 9.76. The van der Waals surface area contributed by atoms with Gasteiger partial charge in [-0.2, -0.15) is 39.1 Å². The number of hydrogen-bond donors (Lipinski definition) is 2. The molecule has 0 fully saturated rings. The molecule has 236 valence electrons. The third kappa shape index (κ3) is 8.28. The van der Waals surface area contributed by atoms with Crippen molar-refractivity contribution in [3.05, 3.63) is 70.8 Å². The predicted octanol–water partition coefficient (Wildman–Crippen LogP) is 5.15. The van der Waals surface area contributed by atoms with Gasteiger partial charge in [-0.05, 0) is 55.0 Å². The van der Waals surface area contributed by atoms with Gasteiger partial charge >= 0.3 is 22.6 Å². The molecular weight excluding hydrogens is 604 g/mol. The number of carbonyl (C=O) groups excluding carboxylic acids is 2. The Kier molecular flexibility index (Phi) is 10.2. The van der Waals surface area contributed by atoms with Gasteiger partial charge in [0.2, 0.25) is 0 Å². The van der Waals surface area contributed by atoms with E-state index in [1.54, 1.807) is 23.8 Å². The summed E-state index contributed by atoms with van der Waals surface area (Å²) in [5.74, 6) is -2.65. The number of carbonyl (C=O) groups is 2. The predicted molar refractivity (Wildman–Crippen MR) is 146 cm³/mol. The van der Waals surface area contributed by atoms with Crippen LogP contribution in [-0.4, -0.2) is 57.6 Å². The van der Waals surface area contributed by atoms with Gasteiger partial charge in [-0.1, -0.05) is 42.0 Å². The Labute approximate surface area is 245 Å². The van der Waals surface area contributed by atoms with Crippen molar-refractivity contribution >= 4 is 27.6 Å². The zero-order valence-electron chi connectivity index (χ0n) is 23.5. The van der Waals surface area contributed by atoms with Crippen LogP contribution in [0.1, 0.15) is 48.8 Å². The molecule has 1 atom stereocenters. The number of rotatable bonds is 11. The number of aryl methyl sites for hydroxylation is 1. The number of benzene rings is 2. The molecule has 0 unspecified atom stereocenters. The van der Waals surface area contributed by atoms with Crippen LogP contribution in [0.2, 0.25) is 0 Å². The summed E-state index contributed by atoms with van der Waals surface area (Å²) in [5.41, 5.74) is -3.59. The van der Waals surface area contributed by atoms with Crippen molar-refractivity contribution in [2.45, 2.75) is 56.9 Å². The lowest BCUT2D eigenvalue weighted by Crippen LogP contribution is -2.60. The molecule has 2 aromatic rings. The maximum absolute atomic E-state index is 14.9. The van der Waals surface area contributed by atoms with Crippen LogP contribution in [0, 0.1) is 6.92 Å². The molecule has 8 nitrogen and oxygen atoms in total. The number of nitrogens with one attached hydrogen (secondary N) is 2. The van der Waals surface area contributed by atoms with Crippen molar-refractivity contribution in [3.63, 3.8) is 0 Å². The maximum atomic E-state index is 14.9. The minimum atomic E-state index is -5.07. The molecule has 2 aromatic carbocycles. The number of hydrogen-bond acceptors (Lipinski definition) is 5. The summed E-state index contributed by atoms with van der Waals surface area (Å²) in [5, 5.41) is 1.92. The molecule has 0 saturated heterocycles. The summed E-state index contributed by atoms with van der Waals surface area (Å²) in [6.45, 7) is 1.78.